The van der Waals surface area contributed by atoms with Gasteiger partial charge < -0.3 is 9.84 Å². The lowest BCUT2D eigenvalue weighted by molar-refractivity contribution is 0.448. The Morgan fingerprint density at radius 2 is 2.11 bits per heavy atom. The van der Waals surface area contributed by atoms with E-state index in [4.69, 9.17) is 15.1 Å². The first-order chi connectivity index (χ1) is 9.08. The third-order valence-corrected chi connectivity index (χ3v) is 3.15. The van der Waals surface area contributed by atoms with Gasteiger partial charge in [0.1, 0.15) is 23.3 Å². The molecule has 0 aliphatic carbocycles. The average molecular weight is 270 g/mol. The van der Waals surface area contributed by atoms with Gasteiger partial charge in [-0.2, -0.15) is 5.26 Å². The van der Waals surface area contributed by atoms with Gasteiger partial charge in [-0.05, 0) is 30.3 Å². The van der Waals surface area contributed by atoms with Crippen LogP contribution in [0.1, 0.15) is 5.01 Å². The summed E-state index contributed by atoms with van der Waals surface area (Å²) in [6, 6.07) is 8.28. The van der Waals surface area contributed by atoms with Crippen molar-refractivity contribution in [1.29, 1.82) is 5.26 Å². The molecule has 5 heteroatoms. The van der Waals surface area contributed by atoms with E-state index in [1.54, 1.807) is 18.2 Å². The maximum Gasteiger partial charge on any atom is 0.195 e. The van der Waals surface area contributed by atoms with E-state index in [1.807, 2.05) is 6.07 Å². The molecule has 0 bridgehead atoms. The third-order valence-electron chi connectivity index (χ3n) is 2.20. The maximum atomic E-state index is 9.16. The van der Waals surface area contributed by atoms with Crippen LogP contribution >= 0.6 is 11.3 Å². The van der Waals surface area contributed by atoms with Crippen molar-refractivity contribution < 1.29 is 9.84 Å². The number of thiazole rings is 1. The van der Waals surface area contributed by atoms with Crippen molar-refractivity contribution in [3.63, 3.8) is 0 Å². The molecule has 1 aromatic carbocycles. The minimum absolute atomic E-state index is 0.170. The Labute approximate surface area is 113 Å². The molecule has 0 spiro atoms. The summed E-state index contributed by atoms with van der Waals surface area (Å²) in [5.74, 6) is 1.14. The van der Waals surface area contributed by atoms with Crippen LogP contribution in [0.4, 0.5) is 0 Å². The van der Waals surface area contributed by atoms with Crippen molar-refractivity contribution in [3.8, 4) is 17.6 Å². The van der Waals surface area contributed by atoms with Crippen LogP contribution in [0.2, 0.25) is 0 Å². The van der Waals surface area contributed by atoms with Gasteiger partial charge in [-0.3, -0.25) is 0 Å². The fourth-order valence-corrected chi connectivity index (χ4v) is 2.13. The monoisotopic (exact) mass is 270 g/mol. The van der Waals surface area contributed by atoms with E-state index in [0.29, 0.717) is 21.9 Å². The molecular weight excluding hydrogens is 260 g/mol. The number of hydrogen-bond acceptors (Lipinski definition) is 5. The molecule has 0 aliphatic heterocycles. The van der Waals surface area contributed by atoms with Crippen molar-refractivity contribution in [3.05, 3.63) is 51.5 Å². The highest BCUT2D eigenvalue weighted by Crippen LogP contribution is 2.17. The van der Waals surface area contributed by atoms with E-state index in [0.717, 1.165) is 4.53 Å². The van der Waals surface area contributed by atoms with Gasteiger partial charge in [0.2, 0.25) is 0 Å². The fraction of sp³-hybridized carbons (Fsp3) is 0. The van der Waals surface area contributed by atoms with Gasteiger partial charge in [0.15, 0.2) is 5.01 Å². The van der Waals surface area contributed by atoms with E-state index >= 15 is 0 Å². The zero-order valence-corrected chi connectivity index (χ0v) is 10.8. The standard InChI is InChI=1S/C14H10N2O2S/c1-9(18-12-5-3-11(17)4-6-12)7-13-10(2)16-14(8-15)19-13/h3-7,17H,1-2H2/b13-7+. The number of ether oxygens (including phenoxy) is 1. The highest BCUT2D eigenvalue weighted by Gasteiger charge is 1.99. The molecule has 0 unspecified atom stereocenters. The molecule has 2 aromatic rings. The van der Waals surface area contributed by atoms with Crippen LogP contribution in [0.5, 0.6) is 11.5 Å². The summed E-state index contributed by atoms with van der Waals surface area (Å²) in [6.45, 7) is 7.52. The van der Waals surface area contributed by atoms with Crippen LogP contribution in [0, 0.1) is 11.3 Å². The summed E-state index contributed by atoms with van der Waals surface area (Å²) in [7, 11) is 0. The second-order valence-electron chi connectivity index (χ2n) is 3.65. The highest BCUT2D eigenvalue weighted by atomic mass is 32.1. The van der Waals surface area contributed by atoms with Crippen molar-refractivity contribution in [2.45, 2.75) is 0 Å². The zero-order chi connectivity index (χ0) is 13.8. The minimum Gasteiger partial charge on any atom is -0.508 e. The molecule has 2 rings (SSSR count). The van der Waals surface area contributed by atoms with Crippen LogP contribution in [-0.2, 0) is 0 Å². The maximum absolute atomic E-state index is 9.16. The number of benzene rings is 1. The molecule has 1 aromatic heterocycles. The van der Waals surface area contributed by atoms with Gasteiger partial charge in [-0.15, -0.1) is 11.3 Å². The molecule has 0 radical (unpaired) electrons. The number of hydrogen-bond donors (Lipinski definition) is 1. The second-order valence-corrected chi connectivity index (χ2v) is 4.68. The predicted molar refractivity (Wildman–Crippen MR) is 73.9 cm³/mol. The number of nitrogens with zero attached hydrogens (tertiary/aromatic N) is 2. The Hall–Kier alpha value is -2.58. The predicted octanol–water partition coefficient (Wildman–Crippen LogP) is 1.50. The topological polar surface area (TPSA) is 66.1 Å². The van der Waals surface area contributed by atoms with Gasteiger partial charge in [-0.1, -0.05) is 13.2 Å². The zero-order valence-electron chi connectivity index (χ0n) is 9.96. The third kappa shape index (κ3) is 3.21. The number of allylic oxidation sites excluding steroid dienone is 1. The molecule has 94 valence electrons. The van der Waals surface area contributed by atoms with Gasteiger partial charge in [-0.25, -0.2) is 4.98 Å². The van der Waals surface area contributed by atoms with E-state index < -0.39 is 0 Å². The molecule has 0 saturated heterocycles. The van der Waals surface area contributed by atoms with Crippen molar-refractivity contribution in [2.75, 3.05) is 0 Å². The van der Waals surface area contributed by atoms with Crippen LogP contribution in [0.15, 0.2) is 36.6 Å². The van der Waals surface area contributed by atoms with Gasteiger partial charge in [0.05, 0.1) is 9.88 Å². The fourth-order valence-electron chi connectivity index (χ4n) is 1.37. The Morgan fingerprint density at radius 3 is 2.68 bits per heavy atom. The minimum atomic E-state index is 0.170. The molecule has 0 saturated carbocycles. The number of aromatic nitrogens is 1. The Bertz CT molecular complexity index is 754. The Kier molecular flexibility index (Phi) is 3.64. The summed E-state index contributed by atoms with van der Waals surface area (Å²) < 4.78 is 6.21. The molecule has 1 N–H and O–H groups in total. The van der Waals surface area contributed by atoms with Gasteiger partial charge >= 0.3 is 0 Å². The van der Waals surface area contributed by atoms with Gasteiger partial charge in [0, 0.05) is 0 Å². The molecule has 4 nitrogen and oxygen atoms in total. The molecule has 0 atom stereocenters. The van der Waals surface area contributed by atoms with Crippen LogP contribution < -0.4 is 14.6 Å². The quantitative estimate of drug-likeness (QED) is 0.858. The molecule has 1 heterocycles. The normalized spacial score (nSPS) is 11.0. The lowest BCUT2D eigenvalue weighted by atomic mass is 10.3. The van der Waals surface area contributed by atoms with E-state index in [9.17, 15) is 0 Å². The summed E-state index contributed by atoms with van der Waals surface area (Å²) >= 11 is 1.23. The molecule has 19 heavy (non-hydrogen) atoms. The molecule has 0 aliphatic rings. The Balaban J connectivity index is 2.21. The summed E-state index contributed by atoms with van der Waals surface area (Å²) in [5, 5.41) is 18.8. The first-order valence-corrected chi connectivity index (χ1v) is 6.13. The average Bonchev–Trinajstić information content (AvgIpc) is 2.73. The highest BCUT2D eigenvalue weighted by molar-refractivity contribution is 7.10. The number of nitriles is 1. The van der Waals surface area contributed by atoms with E-state index in [1.165, 1.54) is 23.5 Å². The van der Waals surface area contributed by atoms with E-state index in [2.05, 4.69) is 18.1 Å². The largest absolute Gasteiger partial charge is 0.508 e. The molecule has 0 amide bonds. The van der Waals surface area contributed by atoms with Crippen LogP contribution in [0.25, 0.3) is 12.7 Å². The van der Waals surface area contributed by atoms with Crippen molar-refractivity contribution in [1.82, 2.24) is 4.98 Å². The van der Waals surface area contributed by atoms with Crippen LogP contribution in [-0.4, -0.2) is 10.1 Å². The summed E-state index contributed by atoms with van der Waals surface area (Å²) in [5.41, 5.74) is 0. The molecular formula is C14H10N2O2S. The second kappa shape index (κ2) is 5.38. The van der Waals surface area contributed by atoms with Crippen LogP contribution in [0.3, 0.4) is 0 Å². The van der Waals surface area contributed by atoms with Crippen molar-refractivity contribution >= 4 is 24.0 Å². The smallest absolute Gasteiger partial charge is 0.195 e. The summed E-state index contributed by atoms with van der Waals surface area (Å²) in [6.07, 6.45) is 1.67. The number of aromatic hydroxyl groups is 1. The van der Waals surface area contributed by atoms with E-state index in [-0.39, 0.29) is 5.75 Å². The van der Waals surface area contributed by atoms with Gasteiger partial charge in [0.25, 0.3) is 0 Å². The first kappa shape index (κ1) is 12.9. The Morgan fingerprint density at radius 1 is 1.42 bits per heavy atom. The molecule has 0 fully saturated rings. The number of phenolic OH excluding ortho intramolecular Hbond substituents is 1. The lowest BCUT2D eigenvalue weighted by Crippen LogP contribution is -2.19. The summed E-state index contributed by atoms with van der Waals surface area (Å²) in [4.78, 5) is 3.99. The van der Waals surface area contributed by atoms with Crippen molar-refractivity contribution in [2.24, 2.45) is 0 Å². The SMILES string of the molecule is C=C(/C=c1/sc(C#N)nc1=C)Oc1ccc(O)cc1. The number of phenols is 1. The number of rotatable bonds is 3. The lowest BCUT2D eigenvalue weighted by Gasteiger charge is -2.04. The first-order valence-electron chi connectivity index (χ1n) is 5.32.